The molecule has 44 valence electrons. The number of hydrogen-bond acceptors (Lipinski definition) is 2. The van der Waals surface area contributed by atoms with E-state index in [1.807, 2.05) is 0 Å². The van der Waals surface area contributed by atoms with Crippen LogP contribution in [-0.2, 0) is 4.79 Å². The lowest BCUT2D eigenvalue weighted by Gasteiger charge is -1.75. The van der Waals surface area contributed by atoms with Crippen LogP contribution in [-0.4, -0.2) is 19.5 Å². The highest BCUT2D eigenvalue weighted by atomic mass is 16.1. The van der Waals surface area contributed by atoms with Gasteiger partial charge < -0.3 is 5.73 Å². The lowest BCUT2D eigenvalue weighted by molar-refractivity contribution is -0.413. The van der Waals surface area contributed by atoms with Crippen LogP contribution in [0, 0.1) is 0 Å². The van der Waals surface area contributed by atoms with E-state index in [1.165, 1.54) is 12.4 Å². The summed E-state index contributed by atoms with van der Waals surface area (Å²) < 4.78 is 0. The first kappa shape index (κ1) is 6.88. The summed E-state index contributed by atoms with van der Waals surface area (Å²) in [6, 6.07) is 0. The number of carbonyl (C=O) groups is 1. The Labute approximate surface area is 47.9 Å². The minimum Gasteiger partial charge on any atom is -0.404 e. The Morgan fingerprint density at radius 2 is 2.38 bits per heavy atom. The van der Waals surface area contributed by atoms with E-state index < -0.39 is 0 Å². The smallest absolute Gasteiger partial charge is 0.173 e. The Balaban J connectivity index is 3.91. The van der Waals surface area contributed by atoms with Crippen LogP contribution in [0.3, 0.4) is 0 Å². The van der Waals surface area contributed by atoms with E-state index in [2.05, 4.69) is 4.99 Å². The van der Waals surface area contributed by atoms with E-state index in [0.717, 1.165) is 0 Å². The number of nitrogens with two attached hydrogens (primary N) is 1. The van der Waals surface area contributed by atoms with Gasteiger partial charge in [0, 0.05) is 6.20 Å². The van der Waals surface area contributed by atoms with Crippen LogP contribution < -0.4 is 10.7 Å². The second-order valence-electron chi connectivity index (χ2n) is 1.22. The zero-order valence-electron chi connectivity index (χ0n) is 4.72. The molecule has 8 heavy (non-hydrogen) atoms. The SMILES string of the molecule is C[NH+]=CC(C=O)=CN. The summed E-state index contributed by atoms with van der Waals surface area (Å²) in [7, 11) is 1.70. The zero-order chi connectivity index (χ0) is 6.41. The number of nitrogens with one attached hydrogen (secondary N) is 1. The Morgan fingerprint density at radius 1 is 1.75 bits per heavy atom. The number of carbonyl (C=O) groups excluding carboxylic acids is 1. The Morgan fingerprint density at radius 3 is 2.50 bits per heavy atom. The van der Waals surface area contributed by atoms with E-state index in [9.17, 15) is 4.79 Å². The summed E-state index contributed by atoms with van der Waals surface area (Å²) in [6.45, 7) is 0. The molecule has 0 heterocycles. The van der Waals surface area contributed by atoms with Crippen LogP contribution in [0.1, 0.15) is 0 Å². The van der Waals surface area contributed by atoms with Crippen molar-refractivity contribution in [3.63, 3.8) is 0 Å². The van der Waals surface area contributed by atoms with E-state index in [4.69, 9.17) is 5.73 Å². The standard InChI is InChI=1S/C5H8N2O/c1-7-3-5(2-6)4-8/h2-4H,6H2,1H3/p+1. The van der Waals surface area contributed by atoms with Gasteiger partial charge >= 0.3 is 0 Å². The van der Waals surface area contributed by atoms with E-state index in [0.29, 0.717) is 11.9 Å². The highest BCUT2D eigenvalue weighted by Crippen LogP contribution is 1.71. The molecule has 3 N–H and O–H groups in total. The maximum absolute atomic E-state index is 9.91. The topological polar surface area (TPSA) is 57.1 Å². The maximum atomic E-state index is 9.91. The van der Waals surface area contributed by atoms with E-state index in [-0.39, 0.29) is 0 Å². The molecular formula is C5H9N2O+. The van der Waals surface area contributed by atoms with Crippen molar-refractivity contribution >= 4 is 12.5 Å². The first-order chi connectivity index (χ1) is 3.85. The van der Waals surface area contributed by atoms with Crippen molar-refractivity contribution < 1.29 is 9.79 Å². The maximum Gasteiger partial charge on any atom is 0.173 e. The fourth-order valence-electron chi connectivity index (χ4n) is 0.288. The summed E-state index contributed by atoms with van der Waals surface area (Å²) in [4.78, 5) is 12.6. The number of allylic oxidation sites excluding steroid dienone is 1. The van der Waals surface area contributed by atoms with Crippen LogP contribution in [0.25, 0.3) is 0 Å². The second kappa shape index (κ2) is 4.05. The van der Waals surface area contributed by atoms with Crippen LogP contribution in [0.4, 0.5) is 0 Å². The molecule has 0 aromatic rings. The van der Waals surface area contributed by atoms with Gasteiger partial charge in [0.1, 0.15) is 7.05 Å². The van der Waals surface area contributed by atoms with Crippen LogP contribution in [0.15, 0.2) is 11.8 Å². The molecule has 0 saturated carbocycles. The van der Waals surface area contributed by atoms with Crippen molar-refractivity contribution in [1.82, 2.24) is 0 Å². The molecule has 3 nitrogen and oxygen atoms in total. The largest absolute Gasteiger partial charge is 0.404 e. The third kappa shape index (κ3) is 2.12. The quantitative estimate of drug-likeness (QED) is 0.243. The summed E-state index contributed by atoms with van der Waals surface area (Å²) in [5.41, 5.74) is 5.46. The molecule has 0 aliphatic heterocycles. The van der Waals surface area contributed by atoms with Crippen molar-refractivity contribution in [1.29, 1.82) is 0 Å². The number of hydrogen-bond donors (Lipinski definition) is 2. The highest BCUT2D eigenvalue weighted by Gasteiger charge is 1.86. The third-order valence-electron chi connectivity index (χ3n) is 0.640. The molecule has 0 bridgehead atoms. The molecule has 0 unspecified atom stereocenters. The minimum atomic E-state index is 0.451. The molecule has 3 heteroatoms. The summed E-state index contributed by atoms with van der Waals surface area (Å²) >= 11 is 0. The summed E-state index contributed by atoms with van der Waals surface area (Å²) in [5, 5.41) is 0. The molecule has 0 rings (SSSR count). The Kier molecular flexibility index (Phi) is 3.48. The zero-order valence-corrected chi connectivity index (χ0v) is 4.72. The van der Waals surface area contributed by atoms with Crippen molar-refractivity contribution in [2.45, 2.75) is 0 Å². The fourth-order valence-corrected chi connectivity index (χ4v) is 0.288. The number of aldehydes is 1. The average Bonchev–Trinajstić information content (AvgIpc) is 1.83. The van der Waals surface area contributed by atoms with Crippen LogP contribution >= 0.6 is 0 Å². The molecule has 0 amide bonds. The highest BCUT2D eigenvalue weighted by molar-refractivity contribution is 5.99. The summed E-state index contributed by atoms with van der Waals surface area (Å²) in [6.07, 6.45) is 3.44. The molecule has 0 saturated heterocycles. The van der Waals surface area contributed by atoms with Gasteiger partial charge in [-0.25, -0.2) is 0 Å². The van der Waals surface area contributed by atoms with Crippen LogP contribution in [0.2, 0.25) is 0 Å². The van der Waals surface area contributed by atoms with Gasteiger partial charge in [-0.1, -0.05) is 0 Å². The molecule has 0 aliphatic carbocycles. The van der Waals surface area contributed by atoms with E-state index in [1.54, 1.807) is 7.05 Å². The Hall–Kier alpha value is -1.12. The third-order valence-corrected chi connectivity index (χ3v) is 0.640. The van der Waals surface area contributed by atoms with Gasteiger partial charge in [-0.15, -0.1) is 0 Å². The minimum absolute atomic E-state index is 0.451. The Bertz CT molecular complexity index is 126. The van der Waals surface area contributed by atoms with Crippen molar-refractivity contribution in [2.24, 2.45) is 5.73 Å². The first-order valence-corrected chi connectivity index (χ1v) is 2.22. The van der Waals surface area contributed by atoms with Crippen LogP contribution in [0.5, 0.6) is 0 Å². The number of rotatable bonds is 2. The van der Waals surface area contributed by atoms with Gasteiger partial charge in [0.05, 0.1) is 5.57 Å². The molecular weight excluding hydrogens is 104 g/mol. The fraction of sp³-hybridized carbons (Fsp3) is 0.200. The first-order valence-electron chi connectivity index (χ1n) is 2.22. The van der Waals surface area contributed by atoms with Gasteiger partial charge in [0.2, 0.25) is 0 Å². The summed E-state index contributed by atoms with van der Waals surface area (Å²) in [5.74, 6) is 0. The van der Waals surface area contributed by atoms with Crippen molar-refractivity contribution in [3.05, 3.63) is 11.8 Å². The van der Waals surface area contributed by atoms with Gasteiger partial charge in [-0.2, -0.15) is 0 Å². The monoisotopic (exact) mass is 113 g/mol. The van der Waals surface area contributed by atoms with E-state index >= 15 is 0 Å². The molecule has 0 aromatic heterocycles. The predicted molar refractivity (Wildman–Crippen MR) is 31.3 cm³/mol. The van der Waals surface area contributed by atoms with Gasteiger partial charge in [0.25, 0.3) is 0 Å². The van der Waals surface area contributed by atoms with Gasteiger partial charge in [-0.3, -0.25) is 9.79 Å². The lowest BCUT2D eigenvalue weighted by Crippen LogP contribution is -2.63. The molecule has 0 spiro atoms. The predicted octanol–water partition coefficient (Wildman–Crippen LogP) is -2.19. The molecule has 0 radical (unpaired) electrons. The van der Waals surface area contributed by atoms with Gasteiger partial charge in [0.15, 0.2) is 12.5 Å². The van der Waals surface area contributed by atoms with Crippen molar-refractivity contribution in [3.8, 4) is 0 Å². The molecule has 0 atom stereocenters. The average molecular weight is 113 g/mol. The lowest BCUT2D eigenvalue weighted by atomic mass is 10.3. The molecule has 0 aromatic carbocycles. The van der Waals surface area contributed by atoms with Gasteiger partial charge in [-0.05, 0) is 0 Å². The molecule has 0 aliphatic rings. The normalized spacial score (nSPS) is 12.4. The second-order valence-corrected chi connectivity index (χ2v) is 1.22. The van der Waals surface area contributed by atoms with Crippen molar-refractivity contribution in [2.75, 3.05) is 7.05 Å². The molecule has 0 fully saturated rings.